The second kappa shape index (κ2) is 7.20. The van der Waals surface area contributed by atoms with Gasteiger partial charge in [-0.3, -0.25) is 4.99 Å². The van der Waals surface area contributed by atoms with Gasteiger partial charge >= 0.3 is 0 Å². The molecule has 0 amide bonds. The minimum atomic E-state index is -0.421. The minimum absolute atomic E-state index is 0.0567. The van der Waals surface area contributed by atoms with Crippen molar-refractivity contribution >= 4 is 55.7 Å². The fourth-order valence-corrected chi connectivity index (χ4v) is 3.63. The van der Waals surface area contributed by atoms with Gasteiger partial charge in [-0.15, -0.1) is 11.3 Å². The number of rotatable bonds is 4. The Kier molecular flexibility index (Phi) is 4.58. The van der Waals surface area contributed by atoms with Gasteiger partial charge in [-0.25, -0.2) is 19.3 Å². The molecule has 28 heavy (non-hydrogen) atoms. The summed E-state index contributed by atoms with van der Waals surface area (Å²) in [5, 5.41) is 13.9. The van der Waals surface area contributed by atoms with Crippen LogP contribution in [0.3, 0.4) is 0 Å². The number of aromatic hydroxyl groups is 1. The van der Waals surface area contributed by atoms with Gasteiger partial charge in [-0.2, -0.15) is 0 Å². The number of nitrogens with one attached hydrogen (secondary N) is 1. The number of phenolic OH excluding ortho intramolecular Hbond substituents is 1. The summed E-state index contributed by atoms with van der Waals surface area (Å²) in [6, 6.07) is 6.61. The van der Waals surface area contributed by atoms with Gasteiger partial charge in [0.2, 0.25) is 0 Å². The third-order valence-electron chi connectivity index (χ3n) is 4.19. The molecule has 0 saturated heterocycles. The number of nitrogens with zero attached hydrogens (tertiary/aromatic N) is 4. The van der Waals surface area contributed by atoms with E-state index in [1.54, 1.807) is 43.0 Å². The van der Waals surface area contributed by atoms with E-state index in [-0.39, 0.29) is 11.4 Å². The summed E-state index contributed by atoms with van der Waals surface area (Å²) in [7, 11) is 1.63. The lowest BCUT2D eigenvalue weighted by atomic mass is 10.0. The van der Waals surface area contributed by atoms with Gasteiger partial charge in [0, 0.05) is 25.0 Å². The van der Waals surface area contributed by atoms with Crippen molar-refractivity contribution in [3.05, 3.63) is 53.7 Å². The van der Waals surface area contributed by atoms with Crippen LogP contribution in [0.2, 0.25) is 0 Å². The number of hydrogen-bond donors (Lipinski definition) is 3. The predicted octanol–water partition coefficient (Wildman–Crippen LogP) is 3.83. The molecule has 0 bridgehead atoms. The summed E-state index contributed by atoms with van der Waals surface area (Å²) < 4.78 is 15.2. The van der Waals surface area contributed by atoms with Crippen molar-refractivity contribution in [2.75, 3.05) is 12.4 Å². The van der Waals surface area contributed by atoms with Crippen molar-refractivity contribution in [3.63, 3.8) is 0 Å². The third-order valence-corrected chi connectivity index (χ3v) is 5.02. The third kappa shape index (κ3) is 3.01. The molecular formula is C19H15FN6OS. The zero-order chi connectivity index (χ0) is 19.7. The van der Waals surface area contributed by atoms with E-state index in [0.717, 1.165) is 0 Å². The van der Waals surface area contributed by atoms with Crippen molar-refractivity contribution < 1.29 is 9.50 Å². The normalized spacial score (nSPS) is 12.3. The van der Waals surface area contributed by atoms with Gasteiger partial charge in [0.25, 0.3) is 0 Å². The van der Waals surface area contributed by atoms with Crippen LogP contribution in [0.15, 0.2) is 47.3 Å². The summed E-state index contributed by atoms with van der Waals surface area (Å²) >= 11 is 1.22. The maximum atomic E-state index is 14.8. The van der Waals surface area contributed by atoms with E-state index < -0.39 is 5.82 Å². The van der Waals surface area contributed by atoms with Crippen molar-refractivity contribution in [3.8, 4) is 5.75 Å². The van der Waals surface area contributed by atoms with E-state index in [9.17, 15) is 9.50 Å². The first-order valence-corrected chi connectivity index (χ1v) is 9.11. The molecule has 7 nitrogen and oxygen atoms in total. The molecule has 4 rings (SSSR count). The molecule has 0 radical (unpaired) electrons. The molecule has 0 aliphatic carbocycles. The Balaban J connectivity index is 1.82. The van der Waals surface area contributed by atoms with Crippen LogP contribution in [0.5, 0.6) is 5.75 Å². The summed E-state index contributed by atoms with van der Waals surface area (Å²) in [4.78, 5) is 16.4. The van der Waals surface area contributed by atoms with Crippen LogP contribution in [0, 0.1) is 5.82 Å². The van der Waals surface area contributed by atoms with Gasteiger partial charge in [0.1, 0.15) is 17.9 Å². The molecule has 9 heteroatoms. The number of aliphatic imine (C=N–C) groups is 1. The van der Waals surface area contributed by atoms with E-state index in [4.69, 9.17) is 5.73 Å². The van der Waals surface area contributed by atoms with Crippen molar-refractivity contribution in [2.45, 2.75) is 0 Å². The molecule has 0 unspecified atom stereocenters. The summed E-state index contributed by atoms with van der Waals surface area (Å²) in [5.74, 6) is -0.187. The highest BCUT2D eigenvalue weighted by Crippen LogP contribution is 2.35. The SMILES string of the molecule is CN=C/C(=C\N)c1cc(O)c2c(Nc3ccc4ncsc4c3F)ncnc2c1. The number of aromatic nitrogens is 3. The summed E-state index contributed by atoms with van der Waals surface area (Å²) in [6.45, 7) is 0. The second-order valence-corrected chi connectivity index (χ2v) is 6.73. The Morgan fingerprint density at radius 3 is 2.89 bits per heavy atom. The number of hydrogen-bond acceptors (Lipinski definition) is 8. The molecule has 0 spiro atoms. The van der Waals surface area contributed by atoms with Gasteiger partial charge in [-0.05, 0) is 29.8 Å². The minimum Gasteiger partial charge on any atom is -0.507 e. The average molecular weight is 394 g/mol. The molecule has 4 N–H and O–H groups in total. The molecule has 2 aromatic carbocycles. The lowest BCUT2D eigenvalue weighted by Gasteiger charge is -2.12. The largest absolute Gasteiger partial charge is 0.507 e. The molecular weight excluding hydrogens is 379 g/mol. The molecule has 2 aromatic heterocycles. The van der Waals surface area contributed by atoms with Crippen LogP contribution in [-0.4, -0.2) is 33.3 Å². The smallest absolute Gasteiger partial charge is 0.166 e. The molecule has 0 atom stereocenters. The van der Waals surface area contributed by atoms with E-state index in [0.29, 0.717) is 38.1 Å². The fourth-order valence-electron chi connectivity index (χ4n) is 2.90. The van der Waals surface area contributed by atoms with E-state index in [2.05, 4.69) is 25.3 Å². The monoisotopic (exact) mass is 394 g/mol. The van der Waals surface area contributed by atoms with Crippen LogP contribution in [-0.2, 0) is 0 Å². The van der Waals surface area contributed by atoms with Gasteiger partial charge in [-0.1, -0.05) is 0 Å². The number of thiazole rings is 1. The Hall–Kier alpha value is -3.59. The number of benzene rings is 2. The maximum Gasteiger partial charge on any atom is 0.166 e. The Morgan fingerprint density at radius 1 is 1.25 bits per heavy atom. The summed E-state index contributed by atoms with van der Waals surface area (Å²) in [5.41, 5.74) is 9.83. The fraction of sp³-hybridized carbons (Fsp3) is 0.0526. The zero-order valence-corrected chi connectivity index (χ0v) is 15.5. The van der Waals surface area contributed by atoms with Gasteiger partial charge in [0.05, 0.1) is 32.3 Å². The highest BCUT2D eigenvalue weighted by atomic mass is 32.1. The molecule has 4 aromatic rings. The van der Waals surface area contributed by atoms with E-state index in [1.165, 1.54) is 23.9 Å². The van der Waals surface area contributed by atoms with E-state index in [1.807, 2.05) is 0 Å². The first-order valence-electron chi connectivity index (χ1n) is 8.23. The molecule has 0 fully saturated rings. The zero-order valence-electron chi connectivity index (χ0n) is 14.7. The first-order chi connectivity index (χ1) is 13.6. The molecule has 0 aliphatic rings. The van der Waals surface area contributed by atoms with Crippen LogP contribution in [0.25, 0.3) is 26.7 Å². The lowest BCUT2D eigenvalue weighted by molar-refractivity contribution is 0.481. The Bertz CT molecular complexity index is 1250. The standard InChI is InChI=1S/C19H15FN6OS/c1-22-7-11(6-21)10-4-14-16(15(27)5-10)19(24-8-23-14)26-12-2-3-13-18(17(12)20)28-9-25-13/h2-9,27H,21H2,1H3,(H,23,24,26)/b11-6+,22-7?. The Labute approximate surface area is 163 Å². The van der Waals surface area contributed by atoms with Crippen molar-refractivity contribution in [1.29, 1.82) is 0 Å². The number of anilines is 2. The van der Waals surface area contributed by atoms with Gasteiger partial charge < -0.3 is 16.2 Å². The lowest BCUT2D eigenvalue weighted by Crippen LogP contribution is -1.99. The topological polar surface area (TPSA) is 109 Å². The van der Waals surface area contributed by atoms with Crippen LogP contribution in [0.4, 0.5) is 15.9 Å². The van der Waals surface area contributed by atoms with Crippen LogP contribution < -0.4 is 11.1 Å². The number of fused-ring (bicyclic) bond motifs is 2. The predicted molar refractivity (Wildman–Crippen MR) is 111 cm³/mol. The highest BCUT2D eigenvalue weighted by Gasteiger charge is 2.15. The Morgan fingerprint density at radius 2 is 2.11 bits per heavy atom. The summed E-state index contributed by atoms with van der Waals surface area (Å²) in [6.07, 6.45) is 4.32. The van der Waals surface area contributed by atoms with Gasteiger partial charge in [0.15, 0.2) is 5.82 Å². The van der Waals surface area contributed by atoms with Crippen LogP contribution >= 0.6 is 11.3 Å². The van der Waals surface area contributed by atoms with Crippen molar-refractivity contribution in [2.24, 2.45) is 10.7 Å². The first kappa shape index (κ1) is 17.8. The molecule has 0 aliphatic heterocycles. The second-order valence-electron chi connectivity index (χ2n) is 5.87. The molecule has 140 valence electrons. The number of nitrogens with two attached hydrogens (primary N) is 1. The number of halogens is 1. The molecule has 0 saturated carbocycles. The quantitative estimate of drug-likeness (QED) is 0.454. The van der Waals surface area contributed by atoms with Crippen molar-refractivity contribution in [1.82, 2.24) is 15.0 Å². The van der Waals surface area contributed by atoms with E-state index >= 15 is 0 Å². The number of phenols is 1. The van der Waals surface area contributed by atoms with Crippen LogP contribution in [0.1, 0.15) is 5.56 Å². The maximum absolute atomic E-state index is 14.8. The average Bonchev–Trinajstić information content (AvgIpc) is 3.17. The number of allylic oxidation sites excluding steroid dienone is 1. The molecule has 2 heterocycles. The highest BCUT2D eigenvalue weighted by molar-refractivity contribution is 7.16.